The van der Waals surface area contributed by atoms with Gasteiger partial charge >= 0.3 is 0 Å². The van der Waals surface area contributed by atoms with E-state index in [9.17, 15) is 14.0 Å². The first-order valence-corrected chi connectivity index (χ1v) is 8.54. The zero-order valence-corrected chi connectivity index (χ0v) is 13.9. The van der Waals surface area contributed by atoms with Crippen molar-refractivity contribution >= 4 is 17.5 Å². The molecule has 1 aliphatic carbocycles. The number of halogens is 1. The molecule has 2 heterocycles. The molecule has 24 heavy (non-hydrogen) atoms. The van der Waals surface area contributed by atoms with Gasteiger partial charge in [0, 0.05) is 31.2 Å². The number of nitrogens with zero attached hydrogens (tertiary/aromatic N) is 3. The van der Waals surface area contributed by atoms with Gasteiger partial charge in [0.05, 0.1) is 12.1 Å². The Morgan fingerprint density at radius 2 is 2.08 bits per heavy atom. The van der Waals surface area contributed by atoms with Crippen molar-refractivity contribution in [1.82, 2.24) is 9.80 Å². The minimum atomic E-state index is -0.342. The van der Waals surface area contributed by atoms with Crippen molar-refractivity contribution in [2.45, 2.75) is 24.8 Å². The summed E-state index contributed by atoms with van der Waals surface area (Å²) >= 11 is 0. The Kier molecular flexibility index (Phi) is 3.60. The van der Waals surface area contributed by atoms with Gasteiger partial charge in [0.15, 0.2) is 0 Å². The van der Waals surface area contributed by atoms with Crippen molar-refractivity contribution in [3.8, 4) is 0 Å². The van der Waals surface area contributed by atoms with E-state index in [2.05, 4.69) is 4.90 Å². The summed E-state index contributed by atoms with van der Waals surface area (Å²) in [5.41, 5.74) is 0.365. The topological polar surface area (TPSA) is 43.9 Å². The molecule has 128 valence electrons. The highest BCUT2D eigenvalue weighted by Gasteiger charge is 2.50. The molecule has 1 atom stereocenters. The SMILES string of the molecule is CN1CC(=O)N(c2cccc(F)c2)C[C@@]12CCN(C(=O)C1CC1)C2. The number of hydrogen-bond donors (Lipinski definition) is 0. The van der Waals surface area contributed by atoms with E-state index >= 15 is 0 Å². The lowest BCUT2D eigenvalue weighted by molar-refractivity contribution is -0.132. The van der Waals surface area contributed by atoms with Crippen LogP contribution < -0.4 is 4.90 Å². The summed E-state index contributed by atoms with van der Waals surface area (Å²) in [5, 5.41) is 0. The van der Waals surface area contributed by atoms with Gasteiger partial charge in [-0.1, -0.05) is 6.07 Å². The highest BCUT2D eigenvalue weighted by Crippen LogP contribution is 2.37. The monoisotopic (exact) mass is 331 g/mol. The van der Waals surface area contributed by atoms with Crippen molar-refractivity contribution in [1.29, 1.82) is 0 Å². The van der Waals surface area contributed by atoms with E-state index in [0.29, 0.717) is 25.3 Å². The second-order valence-electron chi connectivity index (χ2n) is 7.32. The van der Waals surface area contributed by atoms with Crippen molar-refractivity contribution in [3.05, 3.63) is 30.1 Å². The molecule has 5 nitrogen and oxygen atoms in total. The van der Waals surface area contributed by atoms with E-state index in [0.717, 1.165) is 25.8 Å². The molecule has 0 aromatic heterocycles. The maximum Gasteiger partial charge on any atom is 0.241 e. The molecule has 1 aromatic rings. The van der Waals surface area contributed by atoms with E-state index < -0.39 is 0 Å². The summed E-state index contributed by atoms with van der Waals surface area (Å²) in [7, 11) is 1.95. The van der Waals surface area contributed by atoms with Crippen LogP contribution in [0.5, 0.6) is 0 Å². The van der Waals surface area contributed by atoms with Crippen molar-refractivity contribution in [2.24, 2.45) is 5.92 Å². The van der Waals surface area contributed by atoms with Crippen LogP contribution in [0.3, 0.4) is 0 Å². The largest absolute Gasteiger partial charge is 0.340 e. The Bertz CT molecular complexity index is 691. The van der Waals surface area contributed by atoms with Crippen LogP contribution in [-0.4, -0.2) is 60.4 Å². The molecule has 0 radical (unpaired) electrons. The van der Waals surface area contributed by atoms with Gasteiger partial charge in [-0.2, -0.15) is 0 Å². The van der Waals surface area contributed by atoms with Crippen LogP contribution in [0.2, 0.25) is 0 Å². The lowest BCUT2D eigenvalue weighted by Gasteiger charge is -2.46. The van der Waals surface area contributed by atoms with Gasteiger partial charge < -0.3 is 9.80 Å². The average molecular weight is 331 g/mol. The lowest BCUT2D eigenvalue weighted by atomic mass is 9.92. The number of likely N-dealkylation sites (N-methyl/N-ethyl adjacent to an activating group) is 1. The quantitative estimate of drug-likeness (QED) is 0.825. The minimum Gasteiger partial charge on any atom is -0.340 e. The van der Waals surface area contributed by atoms with Gasteiger partial charge in [-0.3, -0.25) is 14.5 Å². The fraction of sp³-hybridized carbons (Fsp3) is 0.556. The van der Waals surface area contributed by atoms with Gasteiger partial charge in [-0.15, -0.1) is 0 Å². The molecule has 0 bridgehead atoms. The Morgan fingerprint density at radius 3 is 2.79 bits per heavy atom. The van der Waals surface area contributed by atoms with Gasteiger partial charge in [0.2, 0.25) is 11.8 Å². The van der Waals surface area contributed by atoms with Crippen molar-refractivity contribution in [3.63, 3.8) is 0 Å². The molecule has 2 aliphatic heterocycles. The van der Waals surface area contributed by atoms with Gasteiger partial charge in [-0.25, -0.2) is 4.39 Å². The normalized spacial score (nSPS) is 28.0. The molecule has 3 fully saturated rings. The van der Waals surface area contributed by atoms with E-state index in [-0.39, 0.29) is 29.1 Å². The number of rotatable bonds is 2. The molecule has 4 rings (SSSR count). The first-order valence-electron chi connectivity index (χ1n) is 8.54. The second kappa shape index (κ2) is 5.55. The number of likely N-dealkylation sites (tertiary alicyclic amines) is 1. The molecule has 3 aliphatic rings. The lowest BCUT2D eigenvalue weighted by Crippen LogP contribution is -2.64. The van der Waals surface area contributed by atoms with Gasteiger partial charge in [0.1, 0.15) is 5.82 Å². The molecule has 0 unspecified atom stereocenters. The fourth-order valence-electron chi connectivity index (χ4n) is 3.91. The molecule has 1 aromatic carbocycles. The van der Waals surface area contributed by atoms with Crippen molar-refractivity contribution in [2.75, 3.05) is 38.1 Å². The third-order valence-corrected chi connectivity index (χ3v) is 5.63. The van der Waals surface area contributed by atoms with Crippen LogP contribution >= 0.6 is 0 Å². The van der Waals surface area contributed by atoms with Crippen LogP contribution in [0.25, 0.3) is 0 Å². The summed E-state index contributed by atoms with van der Waals surface area (Å²) < 4.78 is 13.6. The highest BCUT2D eigenvalue weighted by atomic mass is 19.1. The predicted molar refractivity (Wildman–Crippen MR) is 88.0 cm³/mol. The van der Waals surface area contributed by atoms with Gasteiger partial charge in [-0.05, 0) is 44.5 Å². The summed E-state index contributed by atoms with van der Waals surface area (Å²) in [5.74, 6) is 0.107. The molecule has 1 spiro atoms. The van der Waals surface area contributed by atoms with Crippen LogP contribution in [0.4, 0.5) is 10.1 Å². The molecule has 2 saturated heterocycles. The molecular formula is C18H22FN3O2. The predicted octanol–water partition coefficient (Wildman–Crippen LogP) is 1.49. The number of hydrogen-bond acceptors (Lipinski definition) is 3. The van der Waals surface area contributed by atoms with Crippen LogP contribution in [-0.2, 0) is 9.59 Å². The minimum absolute atomic E-state index is 0.0271. The summed E-state index contributed by atoms with van der Waals surface area (Å²) in [6.45, 7) is 2.19. The number of piperazine rings is 1. The summed E-state index contributed by atoms with van der Waals surface area (Å²) in [4.78, 5) is 30.6. The Hall–Kier alpha value is -1.95. The second-order valence-corrected chi connectivity index (χ2v) is 7.32. The third kappa shape index (κ3) is 2.59. The average Bonchev–Trinajstić information content (AvgIpc) is 3.31. The van der Waals surface area contributed by atoms with E-state index in [1.54, 1.807) is 17.0 Å². The van der Waals surface area contributed by atoms with Crippen LogP contribution in [0.1, 0.15) is 19.3 Å². The molecule has 2 amide bonds. The maximum atomic E-state index is 13.6. The van der Waals surface area contributed by atoms with E-state index in [4.69, 9.17) is 0 Å². The highest BCUT2D eigenvalue weighted by molar-refractivity contribution is 5.96. The first-order chi connectivity index (χ1) is 11.5. The Balaban J connectivity index is 1.57. The fourth-order valence-corrected chi connectivity index (χ4v) is 3.91. The van der Waals surface area contributed by atoms with Crippen LogP contribution in [0, 0.1) is 11.7 Å². The third-order valence-electron chi connectivity index (χ3n) is 5.63. The summed E-state index contributed by atoms with van der Waals surface area (Å²) in [6, 6.07) is 6.17. The zero-order valence-electron chi connectivity index (χ0n) is 13.9. The Morgan fingerprint density at radius 1 is 1.29 bits per heavy atom. The summed E-state index contributed by atoms with van der Waals surface area (Å²) in [6.07, 6.45) is 2.86. The first kappa shape index (κ1) is 15.6. The molecular weight excluding hydrogens is 309 g/mol. The molecule has 1 saturated carbocycles. The number of amides is 2. The van der Waals surface area contributed by atoms with Crippen LogP contribution in [0.15, 0.2) is 24.3 Å². The number of carbonyl (C=O) groups is 2. The van der Waals surface area contributed by atoms with E-state index in [1.165, 1.54) is 12.1 Å². The standard InChI is InChI=1S/C18H22FN3O2/c1-20-10-16(23)22(15-4-2-3-14(19)9-15)12-18(20)7-8-21(11-18)17(24)13-5-6-13/h2-4,9,13H,5-8,10-12H2,1H3/t18-/m0/s1. The Labute approximate surface area is 141 Å². The van der Waals surface area contributed by atoms with Crippen molar-refractivity contribution < 1.29 is 14.0 Å². The molecule has 6 heteroatoms. The number of anilines is 1. The number of benzene rings is 1. The smallest absolute Gasteiger partial charge is 0.241 e. The maximum absolute atomic E-state index is 13.6. The zero-order chi connectivity index (χ0) is 16.9. The molecule has 0 N–H and O–H groups in total. The number of carbonyl (C=O) groups excluding carboxylic acids is 2. The van der Waals surface area contributed by atoms with Gasteiger partial charge in [0.25, 0.3) is 0 Å². The van der Waals surface area contributed by atoms with E-state index in [1.807, 2.05) is 11.9 Å².